The molecule has 6 atom stereocenters. The van der Waals surface area contributed by atoms with Crippen LogP contribution in [0.25, 0.3) is 0 Å². The van der Waals surface area contributed by atoms with Gasteiger partial charge in [-0.1, -0.05) is 31.9 Å². The van der Waals surface area contributed by atoms with Crippen LogP contribution in [-0.2, 0) is 14.3 Å². The summed E-state index contributed by atoms with van der Waals surface area (Å²) in [6.45, 7) is 0. The third kappa shape index (κ3) is 1.22. The van der Waals surface area contributed by atoms with E-state index in [1.165, 1.54) is 0 Å². The van der Waals surface area contributed by atoms with E-state index in [0.717, 1.165) is 12.8 Å². The Morgan fingerprint density at radius 3 is 1.73 bits per heavy atom. The molecule has 0 aromatic carbocycles. The van der Waals surface area contributed by atoms with Gasteiger partial charge in [-0.3, -0.25) is 9.59 Å². The summed E-state index contributed by atoms with van der Waals surface area (Å²) >= 11 is 7.26. The molecule has 0 N–H and O–H groups in total. The lowest BCUT2D eigenvalue weighted by molar-refractivity contribution is -0.154. The van der Waals surface area contributed by atoms with Crippen molar-refractivity contribution in [3.63, 3.8) is 0 Å². The largest absolute Gasteiger partial charge is 0.393 e. The van der Waals surface area contributed by atoms with E-state index in [2.05, 4.69) is 31.9 Å². The first-order valence-corrected chi connectivity index (χ1v) is 6.98. The van der Waals surface area contributed by atoms with Gasteiger partial charge in [-0.05, 0) is 24.7 Å². The highest BCUT2D eigenvalue weighted by atomic mass is 79.9. The molecular formula is C10H10Br2O3. The monoisotopic (exact) mass is 336 g/mol. The number of esters is 2. The Balaban J connectivity index is 2.03. The molecule has 0 amide bonds. The molecule has 1 aliphatic heterocycles. The number of ether oxygens (including phenoxy) is 1. The van der Waals surface area contributed by atoms with Gasteiger partial charge in [0.05, 0.1) is 11.8 Å². The topological polar surface area (TPSA) is 43.4 Å². The van der Waals surface area contributed by atoms with Crippen molar-refractivity contribution in [2.24, 2.45) is 23.7 Å². The molecule has 0 radical (unpaired) electrons. The molecule has 0 unspecified atom stereocenters. The minimum Gasteiger partial charge on any atom is -0.393 e. The number of carbonyl (C=O) groups excluding carboxylic acids is 2. The average Bonchev–Trinajstić information content (AvgIpc) is 2.51. The van der Waals surface area contributed by atoms with Crippen molar-refractivity contribution in [2.45, 2.75) is 22.5 Å². The number of rotatable bonds is 0. The molecule has 1 heterocycles. The van der Waals surface area contributed by atoms with E-state index in [-0.39, 0.29) is 45.3 Å². The zero-order chi connectivity index (χ0) is 10.7. The molecule has 3 saturated carbocycles. The predicted octanol–water partition coefficient (Wildman–Crippen LogP) is 1.87. The van der Waals surface area contributed by atoms with Gasteiger partial charge in [0.2, 0.25) is 0 Å². The Kier molecular flexibility index (Phi) is 2.26. The third-order valence-corrected chi connectivity index (χ3v) is 7.22. The second kappa shape index (κ2) is 3.29. The van der Waals surface area contributed by atoms with Crippen LogP contribution in [-0.4, -0.2) is 21.6 Å². The smallest absolute Gasteiger partial charge is 0.317 e. The number of fused-ring (bicyclic) bond motifs is 2. The maximum absolute atomic E-state index is 11.6. The predicted molar refractivity (Wildman–Crippen MR) is 59.7 cm³/mol. The molecule has 82 valence electrons. The van der Waals surface area contributed by atoms with E-state index in [4.69, 9.17) is 4.74 Å². The van der Waals surface area contributed by atoms with Gasteiger partial charge in [0.25, 0.3) is 0 Å². The molecule has 4 aliphatic rings. The van der Waals surface area contributed by atoms with E-state index >= 15 is 0 Å². The molecule has 4 rings (SSSR count). The normalized spacial score (nSPS) is 52.9. The van der Waals surface area contributed by atoms with Crippen molar-refractivity contribution in [1.82, 2.24) is 0 Å². The SMILES string of the molecule is O=C1OC(=O)[C@H]2[C@@H]3CC[C@@H]([C@H](Br)[C@H]3Br)[C@@H]12. The zero-order valence-electron chi connectivity index (χ0n) is 7.86. The lowest BCUT2D eigenvalue weighted by atomic mass is 9.59. The lowest BCUT2D eigenvalue weighted by Crippen LogP contribution is -2.53. The maximum atomic E-state index is 11.6. The second-order valence-corrected chi connectivity index (χ2v) is 6.70. The first kappa shape index (κ1) is 10.3. The Bertz CT molecular complexity index is 312. The Morgan fingerprint density at radius 2 is 1.33 bits per heavy atom. The fourth-order valence-electron chi connectivity index (χ4n) is 3.34. The van der Waals surface area contributed by atoms with E-state index in [1.54, 1.807) is 0 Å². The summed E-state index contributed by atoms with van der Waals surface area (Å²) in [5.74, 6) is -0.470. The van der Waals surface area contributed by atoms with Crippen LogP contribution in [0.4, 0.5) is 0 Å². The quantitative estimate of drug-likeness (QED) is 0.385. The van der Waals surface area contributed by atoms with Gasteiger partial charge in [-0.25, -0.2) is 0 Å². The molecule has 3 nitrogen and oxygen atoms in total. The van der Waals surface area contributed by atoms with Crippen LogP contribution in [0.3, 0.4) is 0 Å². The minimum absolute atomic E-state index is 0.186. The second-order valence-electron chi connectivity index (χ2n) is 4.59. The van der Waals surface area contributed by atoms with Crippen molar-refractivity contribution in [2.75, 3.05) is 0 Å². The van der Waals surface area contributed by atoms with E-state index in [1.807, 2.05) is 0 Å². The number of cyclic esters (lactones) is 2. The maximum Gasteiger partial charge on any atom is 0.317 e. The summed E-state index contributed by atoms with van der Waals surface area (Å²) in [5.41, 5.74) is 0. The Labute approximate surface area is 104 Å². The molecular weight excluding hydrogens is 328 g/mol. The van der Waals surface area contributed by atoms with Crippen molar-refractivity contribution < 1.29 is 14.3 Å². The zero-order valence-corrected chi connectivity index (χ0v) is 11.0. The number of hydrogen-bond donors (Lipinski definition) is 0. The molecule has 1 saturated heterocycles. The molecule has 4 fully saturated rings. The summed E-state index contributed by atoms with van der Waals surface area (Å²) in [6.07, 6.45) is 2.04. The number of alkyl halides is 2. The van der Waals surface area contributed by atoms with Gasteiger partial charge in [-0.15, -0.1) is 0 Å². The molecule has 15 heavy (non-hydrogen) atoms. The molecule has 0 aromatic rings. The highest BCUT2D eigenvalue weighted by Crippen LogP contribution is 2.56. The highest BCUT2D eigenvalue weighted by Gasteiger charge is 2.62. The van der Waals surface area contributed by atoms with Crippen LogP contribution in [0.2, 0.25) is 0 Å². The first-order valence-electron chi connectivity index (χ1n) is 5.15. The number of carbonyl (C=O) groups is 2. The van der Waals surface area contributed by atoms with Crippen LogP contribution in [0.15, 0.2) is 0 Å². The summed E-state index contributed by atoms with van der Waals surface area (Å²) in [5, 5.41) is 0. The van der Waals surface area contributed by atoms with Crippen molar-refractivity contribution in [3.8, 4) is 0 Å². The van der Waals surface area contributed by atoms with E-state index < -0.39 is 0 Å². The Hall–Kier alpha value is 0.1000. The highest BCUT2D eigenvalue weighted by molar-refractivity contribution is 9.12. The van der Waals surface area contributed by atoms with Gasteiger partial charge >= 0.3 is 11.9 Å². The summed E-state index contributed by atoms with van der Waals surface area (Å²) in [7, 11) is 0. The molecule has 0 aromatic heterocycles. The fraction of sp³-hybridized carbons (Fsp3) is 0.800. The molecule has 0 spiro atoms. The third-order valence-electron chi connectivity index (χ3n) is 4.01. The van der Waals surface area contributed by atoms with Crippen LogP contribution in [0.5, 0.6) is 0 Å². The van der Waals surface area contributed by atoms with Gasteiger partial charge < -0.3 is 4.74 Å². The molecule has 5 heteroatoms. The molecule has 3 aliphatic carbocycles. The number of hydrogen-bond acceptors (Lipinski definition) is 3. The van der Waals surface area contributed by atoms with Crippen molar-refractivity contribution in [3.05, 3.63) is 0 Å². The summed E-state index contributed by atoms with van der Waals surface area (Å²) < 4.78 is 4.77. The fourth-order valence-corrected chi connectivity index (χ4v) is 5.31. The first-order chi connectivity index (χ1) is 7.11. The summed E-state index contributed by atoms with van der Waals surface area (Å²) in [6, 6.07) is 0. The number of halogens is 2. The Morgan fingerprint density at radius 1 is 0.933 bits per heavy atom. The molecule has 2 bridgehead atoms. The minimum atomic E-state index is -0.302. The van der Waals surface area contributed by atoms with Crippen LogP contribution in [0.1, 0.15) is 12.8 Å². The van der Waals surface area contributed by atoms with Crippen LogP contribution >= 0.6 is 31.9 Å². The summed E-state index contributed by atoms with van der Waals surface area (Å²) in [4.78, 5) is 23.7. The lowest BCUT2D eigenvalue weighted by Gasteiger charge is -2.48. The van der Waals surface area contributed by atoms with E-state index in [0.29, 0.717) is 0 Å². The van der Waals surface area contributed by atoms with Gasteiger partial charge in [0.15, 0.2) is 0 Å². The van der Waals surface area contributed by atoms with Gasteiger partial charge in [0.1, 0.15) is 0 Å². The van der Waals surface area contributed by atoms with Crippen molar-refractivity contribution >= 4 is 43.8 Å². The average molecular weight is 338 g/mol. The van der Waals surface area contributed by atoms with Gasteiger partial charge in [-0.2, -0.15) is 0 Å². The standard InChI is InChI=1S/C10H10Br2O3/c11-7-3-1-2-4(8(7)12)6-5(3)9(13)15-10(6)14/h3-8H,1-2H2/t3-,4+,5-,6+,7-,8-/m0/s1. The van der Waals surface area contributed by atoms with Gasteiger partial charge in [0, 0.05) is 9.65 Å². The van der Waals surface area contributed by atoms with Crippen LogP contribution < -0.4 is 0 Å². The van der Waals surface area contributed by atoms with Crippen LogP contribution in [0, 0.1) is 23.7 Å². The van der Waals surface area contributed by atoms with Crippen molar-refractivity contribution in [1.29, 1.82) is 0 Å². The van der Waals surface area contributed by atoms with E-state index in [9.17, 15) is 9.59 Å².